The summed E-state index contributed by atoms with van der Waals surface area (Å²) in [4.78, 5) is 34.2. The first-order chi connectivity index (χ1) is 6.66. The molecule has 1 atom stereocenters. The van der Waals surface area contributed by atoms with Crippen LogP contribution in [0.3, 0.4) is 0 Å². The van der Waals surface area contributed by atoms with Gasteiger partial charge in [-0.05, 0) is 19.3 Å². The molecule has 0 unspecified atom stereocenters. The van der Waals surface area contributed by atoms with Crippen molar-refractivity contribution in [1.29, 1.82) is 0 Å². The lowest BCUT2D eigenvalue weighted by Gasteiger charge is -2.20. The van der Waals surface area contributed by atoms with E-state index in [9.17, 15) is 14.4 Å². The molecule has 0 aromatic carbocycles. The molecule has 0 aromatic heterocycles. The van der Waals surface area contributed by atoms with Crippen molar-refractivity contribution in [3.8, 4) is 0 Å². The second-order valence-corrected chi connectivity index (χ2v) is 3.34. The van der Waals surface area contributed by atoms with Crippen LogP contribution < -0.4 is 5.32 Å². The van der Waals surface area contributed by atoms with Crippen LogP contribution in [0.5, 0.6) is 0 Å². The van der Waals surface area contributed by atoms with Gasteiger partial charge >= 0.3 is 0 Å². The summed E-state index contributed by atoms with van der Waals surface area (Å²) in [5, 5.41) is 2.44. The topological polar surface area (TPSA) is 66.5 Å². The number of rotatable bonds is 2. The molecule has 0 bridgehead atoms. The molecule has 14 heavy (non-hydrogen) atoms. The van der Waals surface area contributed by atoms with E-state index in [1.807, 2.05) is 0 Å². The van der Waals surface area contributed by atoms with Crippen LogP contribution >= 0.6 is 0 Å². The minimum Gasteiger partial charge on any atom is -0.347 e. The predicted octanol–water partition coefficient (Wildman–Crippen LogP) is -0.340. The highest BCUT2D eigenvalue weighted by molar-refractivity contribution is 5.97. The van der Waals surface area contributed by atoms with Crippen molar-refractivity contribution in [2.24, 2.45) is 0 Å². The molecule has 0 spiro atoms. The summed E-state index contributed by atoms with van der Waals surface area (Å²) in [5.74, 6) is -0.545. The van der Waals surface area contributed by atoms with Gasteiger partial charge in [0, 0.05) is 13.5 Å². The lowest BCUT2D eigenvalue weighted by atomic mass is 10.1. The Kier molecular flexibility index (Phi) is 3.62. The van der Waals surface area contributed by atoms with E-state index in [1.54, 1.807) is 0 Å². The van der Waals surface area contributed by atoms with Crippen molar-refractivity contribution < 1.29 is 14.4 Å². The largest absolute Gasteiger partial charge is 0.347 e. The van der Waals surface area contributed by atoms with Crippen LogP contribution in [0.2, 0.25) is 0 Å². The van der Waals surface area contributed by atoms with Gasteiger partial charge in [-0.2, -0.15) is 0 Å². The van der Waals surface area contributed by atoms with E-state index in [1.165, 1.54) is 11.8 Å². The molecule has 0 saturated carbocycles. The first-order valence-corrected chi connectivity index (χ1v) is 4.68. The quantitative estimate of drug-likeness (QED) is 0.617. The summed E-state index contributed by atoms with van der Waals surface area (Å²) >= 11 is 0. The van der Waals surface area contributed by atoms with E-state index in [0.717, 1.165) is 12.8 Å². The summed E-state index contributed by atoms with van der Waals surface area (Å²) < 4.78 is 0. The zero-order chi connectivity index (χ0) is 10.6. The van der Waals surface area contributed by atoms with Crippen molar-refractivity contribution in [3.63, 3.8) is 0 Å². The molecule has 1 fully saturated rings. The number of nitrogens with zero attached hydrogens (tertiary/aromatic N) is 1. The highest BCUT2D eigenvalue weighted by Crippen LogP contribution is 2.11. The summed E-state index contributed by atoms with van der Waals surface area (Å²) in [6, 6.07) is -0.529. The Morgan fingerprint density at radius 1 is 1.57 bits per heavy atom. The zero-order valence-corrected chi connectivity index (χ0v) is 8.16. The van der Waals surface area contributed by atoms with Crippen molar-refractivity contribution in [2.75, 3.05) is 6.54 Å². The van der Waals surface area contributed by atoms with Gasteiger partial charge in [-0.1, -0.05) is 0 Å². The fourth-order valence-corrected chi connectivity index (χ4v) is 1.59. The minimum absolute atomic E-state index is 0.255. The van der Waals surface area contributed by atoms with Gasteiger partial charge in [0.25, 0.3) is 5.91 Å². The van der Waals surface area contributed by atoms with Crippen LogP contribution in [0.4, 0.5) is 0 Å². The van der Waals surface area contributed by atoms with Crippen LogP contribution in [0.25, 0.3) is 0 Å². The molecule has 1 heterocycles. The fraction of sp³-hybridized carbons (Fsp3) is 0.667. The van der Waals surface area contributed by atoms with Gasteiger partial charge in [0.05, 0.1) is 0 Å². The molecule has 5 nitrogen and oxygen atoms in total. The van der Waals surface area contributed by atoms with Gasteiger partial charge < -0.3 is 5.32 Å². The maximum Gasteiger partial charge on any atom is 0.251 e. The van der Waals surface area contributed by atoms with Crippen LogP contribution in [-0.2, 0) is 14.4 Å². The lowest BCUT2D eigenvalue weighted by molar-refractivity contribution is -0.145. The Hall–Kier alpha value is -1.39. The molecular formula is C9H14N2O3. The maximum absolute atomic E-state index is 11.7. The smallest absolute Gasteiger partial charge is 0.251 e. The molecule has 78 valence electrons. The Bertz CT molecular complexity index is 252. The zero-order valence-electron chi connectivity index (χ0n) is 8.16. The number of carbonyl (C=O) groups is 3. The summed E-state index contributed by atoms with van der Waals surface area (Å²) in [5.41, 5.74) is 0. The third kappa shape index (κ3) is 2.31. The molecule has 1 aliphatic rings. The van der Waals surface area contributed by atoms with Crippen LogP contribution in [0.15, 0.2) is 0 Å². The molecule has 3 amide bonds. The van der Waals surface area contributed by atoms with E-state index in [-0.39, 0.29) is 11.8 Å². The number of hydrogen-bond acceptors (Lipinski definition) is 3. The predicted molar refractivity (Wildman–Crippen MR) is 49.2 cm³/mol. The number of imide groups is 1. The highest BCUT2D eigenvalue weighted by atomic mass is 16.2. The van der Waals surface area contributed by atoms with Crippen LogP contribution in [-0.4, -0.2) is 35.7 Å². The summed E-state index contributed by atoms with van der Waals surface area (Å²) in [7, 11) is 0. The number of carbonyl (C=O) groups excluding carboxylic acids is 3. The molecule has 0 aromatic rings. The fourth-order valence-electron chi connectivity index (χ4n) is 1.59. The lowest BCUT2D eigenvalue weighted by Crippen LogP contribution is -2.46. The molecule has 5 heteroatoms. The molecule has 1 aliphatic heterocycles. The van der Waals surface area contributed by atoms with Crippen molar-refractivity contribution >= 4 is 18.2 Å². The minimum atomic E-state index is -0.529. The highest BCUT2D eigenvalue weighted by Gasteiger charge is 2.28. The van der Waals surface area contributed by atoms with E-state index in [4.69, 9.17) is 0 Å². The first-order valence-electron chi connectivity index (χ1n) is 4.68. The standard InChI is InChI=1S/C9H14N2O3/c1-7(13)11-5-3-2-4-8(9(11)14)10-6-12/h6,8H,2-5H2,1H3,(H,10,12)/t8-/m0/s1. The van der Waals surface area contributed by atoms with E-state index >= 15 is 0 Å². The van der Waals surface area contributed by atoms with Crippen molar-refractivity contribution in [1.82, 2.24) is 10.2 Å². The maximum atomic E-state index is 11.7. The molecule has 1 rings (SSSR count). The van der Waals surface area contributed by atoms with Crippen LogP contribution in [0.1, 0.15) is 26.2 Å². The normalized spacial score (nSPS) is 22.8. The molecular weight excluding hydrogens is 184 g/mol. The molecule has 0 aliphatic carbocycles. The second-order valence-electron chi connectivity index (χ2n) is 3.34. The first kappa shape index (κ1) is 10.7. The number of likely N-dealkylation sites (tertiary alicyclic amines) is 1. The Balaban J connectivity index is 2.73. The number of nitrogens with one attached hydrogen (secondary N) is 1. The summed E-state index contributed by atoms with van der Waals surface area (Å²) in [6.45, 7) is 1.83. The van der Waals surface area contributed by atoms with Gasteiger partial charge in [0.1, 0.15) is 6.04 Å². The number of amides is 3. The SMILES string of the molecule is CC(=O)N1CCCC[C@H](NC=O)C1=O. The third-order valence-electron chi connectivity index (χ3n) is 2.34. The van der Waals surface area contributed by atoms with Gasteiger partial charge in [-0.25, -0.2) is 0 Å². The Labute approximate surface area is 82.4 Å². The Morgan fingerprint density at radius 2 is 2.29 bits per heavy atom. The third-order valence-corrected chi connectivity index (χ3v) is 2.34. The van der Waals surface area contributed by atoms with Gasteiger partial charge in [0.15, 0.2) is 0 Å². The average Bonchev–Trinajstić information content (AvgIpc) is 2.30. The van der Waals surface area contributed by atoms with Crippen molar-refractivity contribution in [3.05, 3.63) is 0 Å². The van der Waals surface area contributed by atoms with E-state index in [2.05, 4.69) is 5.32 Å². The van der Waals surface area contributed by atoms with Crippen LogP contribution in [0, 0.1) is 0 Å². The van der Waals surface area contributed by atoms with Gasteiger partial charge in [-0.15, -0.1) is 0 Å². The molecule has 0 radical (unpaired) electrons. The number of hydrogen-bond donors (Lipinski definition) is 1. The summed E-state index contributed by atoms with van der Waals surface area (Å²) in [6.07, 6.45) is 2.77. The molecule has 1 N–H and O–H groups in total. The van der Waals surface area contributed by atoms with Gasteiger partial charge in [0.2, 0.25) is 12.3 Å². The monoisotopic (exact) mass is 198 g/mol. The van der Waals surface area contributed by atoms with E-state index in [0.29, 0.717) is 19.4 Å². The van der Waals surface area contributed by atoms with Crippen molar-refractivity contribution in [2.45, 2.75) is 32.2 Å². The van der Waals surface area contributed by atoms with E-state index < -0.39 is 6.04 Å². The molecule has 1 saturated heterocycles. The van der Waals surface area contributed by atoms with Gasteiger partial charge in [-0.3, -0.25) is 19.3 Å². The average molecular weight is 198 g/mol. The second kappa shape index (κ2) is 4.74. The Morgan fingerprint density at radius 3 is 2.86 bits per heavy atom.